The molecule has 2 aromatic heterocycles. The number of aliphatic carboxylic acids is 1. The number of nitrogens with zero attached hydrogens (tertiary/aromatic N) is 4. The number of carbonyl (C=O) groups excluding carboxylic acids is 3. The van der Waals surface area contributed by atoms with Crippen LogP contribution in [0.3, 0.4) is 0 Å². The predicted molar refractivity (Wildman–Crippen MR) is 142 cm³/mol. The van der Waals surface area contributed by atoms with Crippen LogP contribution in [0.2, 0.25) is 4.34 Å². The van der Waals surface area contributed by atoms with Crippen molar-refractivity contribution in [3.8, 4) is 0 Å². The second-order valence-electron chi connectivity index (χ2n) is 8.21. The van der Waals surface area contributed by atoms with E-state index >= 15 is 0 Å². The number of carboxylic acids is 1. The quantitative estimate of drug-likeness (QED) is 0.444. The van der Waals surface area contributed by atoms with Gasteiger partial charge in [-0.2, -0.15) is 9.59 Å². The summed E-state index contributed by atoms with van der Waals surface area (Å²) in [5.74, 6) is -0.0732. The van der Waals surface area contributed by atoms with E-state index in [4.69, 9.17) is 26.3 Å². The lowest BCUT2D eigenvalue weighted by Gasteiger charge is -2.32. The summed E-state index contributed by atoms with van der Waals surface area (Å²) in [6.07, 6.45) is 4.76. The molecule has 1 saturated heterocycles. The standard InChI is InChI=1S/C21H24ClN5OS.C3H4O2.CO2/c1-26(2)21(28)15-5-3-4-14(10-15)12-27-8-6-16(7-9-27)25-19-17-11-18(22)29-20(17)24-13-23-19;1-2-3(4)5;2-1-3/h3-5,10-11,13,16H,6-9,12H2,1-2H3,(H,23,24,25);2H,1H2,(H,4,5);. The Morgan fingerprint density at radius 1 is 1.27 bits per heavy atom. The molecule has 10 nitrogen and oxygen atoms in total. The van der Waals surface area contributed by atoms with E-state index in [-0.39, 0.29) is 12.1 Å². The van der Waals surface area contributed by atoms with Crippen LogP contribution < -0.4 is 5.32 Å². The molecule has 1 amide bonds. The van der Waals surface area contributed by atoms with Gasteiger partial charge >= 0.3 is 12.1 Å². The van der Waals surface area contributed by atoms with Crippen LogP contribution in [-0.4, -0.2) is 76.1 Å². The number of nitrogens with one attached hydrogen (secondary N) is 1. The minimum atomic E-state index is -0.981. The van der Waals surface area contributed by atoms with Gasteiger partial charge in [-0.25, -0.2) is 14.8 Å². The van der Waals surface area contributed by atoms with Crippen molar-refractivity contribution < 1.29 is 24.3 Å². The first-order valence-corrected chi connectivity index (χ1v) is 12.4. The molecule has 3 aromatic rings. The van der Waals surface area contributed by atoms with Crippen molar-refractivity contribution in [3.05, 3.63) is 64.8 Å². The molecule has 0 unspecified atom stereocenters. The van der Waals surface area contributed by atoms with E-state index in [9.17, 15) is 9.59 Å². The molecule has 0 spiro atoms. The number of carboxylic acid groups (broad SMARTS) is 1. The summed E-state index contributed by atoms with van der Waals surface area (Å²) in [5.41, 5.74) is 1.92. The summed E-state index contributed by atoms with van der Waals surface area (Å²) in [4.78, 5) is 51.4. The molecule has 1 aliphatic heterocycles. The maximum atomic E-state index is 12.2. The molecule has 1 aliphatic rings. The summed E-state index contributed by atoms with van der Waals surface area (Å²) >= 11 is 7.61. The number of aromatic nitrogens is 2. The molecule has 0 atom stereocenters. The molecule has 0 bridgehead atoms. The highest BCUT2D eigenvalue weighted by molar-refractivity contribution is 7.22. The Hall–Kier alpha value is -3.63. The first-order chi connectivity index (χ1) is 17.7. The van der Waals surface area contributed by atoms with Crippen LogP contribution in [0.5, 0.6) is 0 Å². The Bertz CT molecular complexity index is 1250. The van der Waals surface area contributed by atoms with Crippen LogP contribution in [0, 0.1) is 0 Å². The van der Waals surface area contributed by atoms with E-state index in [2.05, 4.69) is 32.8 Å². The van der Waals surface area contributed by atoms with Crippen molar-refractivity contribution in [2.45, 2.75) is 25.4 Å². The van der Waals surface area contributed by atoms with Gasteiger partial charge in [0.2, 0.25) is 0 Å². The van der Waals surface area contributed by atoms with Gasteiger partial charge in [0, 0.05) is 51.4 Å². The van der Waals surface area contributed by atoms with Gasteiger partial charge < -0.3 is 15.3 Å². The Balaban J connectivity index is 0.000000530. The second kappa shape index (κ2) is 14.8. The fourth-order valence-electron chi connectivity index (χ4n) is 3.69. The van der Waals surface area contributed by atoms with Crippen molar-refractivity contribution in [2.75, 3.05) is 32.5 Å². The van der Waals surface area contributed by atoms with Crippen molar-refractivity contribution in [3.63, 3.8) is 0 Å². The molecule has 1 aromatic carbocycles. The minimum Gasteiger partial charge on any atom is -0.478 e. The van der Waals surface area contributed by atoms with Gasteiger partial charge in [-0.1, -0.05) is 30.3 Å². The van der Waals surface area contributed by atoms with Crippen LogP contribution in [0.1, 0.15) is 28.8 Å². The third kappa shape index (κ3) is 9.40. The number of rotatable bonds is 6. The Morgan fingerprint density at radius 3 is 2.51 bits per heavy atom. The maximum absolute atomic E-state index is 12.2. The molecule has 196 valence electrons. The van der Waals surface area contributed by atoms with Gasteiger partial charge in [-0.05, 0) is 36.6 Å². The molecule has 0 radical (unpaired) electrons. The zero-order valence-corrected chi connectivity index (χ0v) is 22.1. The van der Waals surface area contributed by atoms with Crippen molar-refractivity contribution in [1.82, 2.24) is 19.8 Å². The van der Waals surface area contributed by atoms with E-state index in [1.165, 1.54) is 16.9 Å². The van der Waals surface area contributed by atoms with Crippen LogP contribution in [0.25, 0.3) is 10.2 Å². The molecule has 1 fully saturated rings. The maximum Gasteiger partial charge on any atom is 0.373 e. The number of benzene rings is 1. The average Bonchev–Trinajstić information content (AvgIpc) is 3.27. The lowest BCUT2D eigenvalue weighted by Crippen LogP contribution is -2.38. The number of piperidine rings is 1. The average molecular weight is 546 g/mol. The molecular weight excluding hydrogens is 518 g/mol. The number of likely N-dealkylation sites (tertiary alicyclic amines) is 1. The van der Waals surface area contributed by atoms with Crippen molar-refractivity contribution in [1.29, 1.82) is 0 Å². The van der Waals surface area contributed by atoms with Crippen LogP contribution in [0.15, 0.2) is 49.3 Å². The summed E-state index contributed by atoms with van der Waals surface area (Å²) < 4.78 is 0.730. The number of carbonyl (C=O) groups is 2. The normalized spacial score (nSPS) is 13.3. The van der Waals surface area contributed by atoms with Gasteiger partial charge in [0.1, 0.15) is 17.0 Å². The topological polar surface area (TPSA) is 133 Å². The number of fused-ring (bicyclic) bond motifs is 1. The highest BCUT2D eigenvalue weighted by Crippen LogP contribution is 2.32. The molecule has 4 rings (SSSR count). The SMILES string of the molecule is C=CC(=O)O.CN(C)C(=O)c1cccc(CN2CCC(Nc3ncnc4sc(Cl)cc34)CC2)c1.O=C=O. The predicted octanol–water partition coefficient (Wildman–Crippen LogP) is 3.80. The number of thiophene rings is 1. The number of hydrogen-bond acceptors (Lipinski definition) is 9. The highest BCUT2D eigenvalue weighted by Gasteiger charge is 2.21. The van der Waals surface area contributed by atoms with Gasteiger partial charge in [0.05, 0.1) is 9.72 Å². The fourth-order valence-corrected chi connectivity index (χ4v) is 4.74. The van der Waals surface area contributed by atoms with Gasteiger partial charge in [0.15, 0.2) is 0 Å². The monoisotopic (exact) mass is 545 g/mol. The molecule has 0 aliphatic carbocycles. The van der Waals surface area contributed by atoms with Crippen LogP contribution in [-0.2, 0) is 20.9 Å². The summed E-state index contributed by atoms with van der Waals surface area (Å²) in [5, 5.41) is 12.2. The summed E-state index contributed by atoms with van der Waals surface area (Å²) in [6, 6.07) is 10.2. The molecule has 37 heavy (non-hydrogen) atoms. The van der Waals surface area contributed by atoms with E-state index < -0.39 is 5.97 Å². The highest BCUT2D eigenvalue weighted by atomic mass is 35.5. The molecule has 0 saturated carbocycles. The minimum absolute atomic E-state index is 0.0412. The Labute approximate surface area is 223 Å². The summed E-state index contributed by atoms with van der Waals surface area (Å²) in [7, 11) is 3.56. The molecule has 2 N–H and O–H groups in total. The van der Waals surface area contributed by atoms with Gasteiger partial charge in [-0.3, -0.25) is 9.69 Å². The van der Waals surface area contributed by atoms with Gasteiger partial charge in [0.25, 0.3) is 5.91 Å². The Kier molecular flexibility index (Phi) is 11.9. The van der Waals surface area contributed by atoms with E-state index in [1.54, 1.807) is 25.3 Å². The lowest BCUT2D eigenvalue weighted by molar-refractivity contribution is -0.191. The van der Waals surface area contributed by atoms with Crippen molar-refractivity contribution >= 4 is 57.0 Å². The molecule has 12 heteroatoms. The smallest absolute Gasteiger partial charge is 0.373 e. The van der Waals surface area contributed by atoms with Crippen LogP contribution >= 0.6 is 22.9 Å². The number of hydrogen-bond donors (Lipinski definition) is 2. The van der Waals surface area contributed by atoms with Gasteiger partial charge in [-0.15, -0.1) is 11.3 Å². The third-order valence-electron chi connectivity index (χ3n) is 5.39. The number of anilines is 1. The molecule has 3 heterocycles. The number of amides is 1. The fraction of sp³-hybridized carbons (Fsp3) is 0.320. The first-order valence-electron chi connectivity index (χ1n) is 11.2. The third-order valence-corrected chi connectivity index (χ3v) is 6.56. The first kappa shape index (κ1) is 29.6. The summed E-state index contributed by atoms with van der Waals surface area (Å²) in [6.45, 7) is 5.83. The zero-order valence-electron chi connectivity index (χ0n) is 20.5. The van der Waals surface area contributed by atoms with E-state index in [0.29, 0.717) is 6.04 Å². The largest absolute Gasteiger partial charge is 0.478 e. The lowest BCUT2D eigenvalue weighted by atomic mass is 10.0. The van der Waals surface area contributed by atoms with E-state index in [0.717, 1.165) is 64.5 Å². The zero-order chi connectivity index (χ0) is 27.4. The Morgan fingerprint density at radius 2 is 1.92 bits per heavy atom. The molecular formula is C25H28ClN5O5S. The number of halogens is 1. The van der Waals surface area contributed by atoms with E-state index in [1.807, 2.05) is 24.3 Å². The van der Waals surface area contributed by atoms with Crippen molar-refractivity contribution in [2.24, 2.45) is 0 Å². The van der Waals surface area contributed by atoms with Crippen LogP contribution in [0.4, 0.5) is 5.82 Å². The second-order valence-corrected chi connectivity index (χ2v) is 9.87.